The molecule has 0 N–H and O–H groups in total. The first-order valence-electron chi connectivity index (χ1n) is 4.78. The van der Waals surface area contributed by atoms with E-state index in [9.17, 15) is 0 Å². The number of allylic oxidation sites excluding steroid dienone is 4. The predicted octanol–water partition coefficient (Wildman–Crippen LogP) is 5.64. The van der Waals surface area contributed by atoms with Gasteiger partial charge in [-0.3, -0.25) is 0 Å². The van der Waals surface area contributed by atoms with E-state index in [0.717, 1.165) is 11.1 Å². The van der Waals surface area contributed by atoms with Crippen LogP contribution in [0, 0.1) is 0 Å². The minimum absolute atomic E-state index is 0.418. The number of halogens is 5. The molecule has 17 heavy (non-hydrogen) atoms. The first-order valence-corrected chi connectivity index (χ1v) is 6.73. The molecule has 0 amide bonds. The molecule has 0 aromatic heterocycles. The second kappa shape index (κ2) is 5.03. The van der Waals surface area contributed by atoms with Crippen LogP contribution in [0.4, 0.5) is 0 Å². The lowest BCUT2D eigenvalue weighted by molar-refractivity contribution is 0.958. The summed E-state index contributed by atoms with van der Waals surface area (Å²) in [4.78, 5) is 0. The van der Waals surface area contributed by atoms with Gasteiger partial charge in [-0.15, -0.1) is 11.6 Å². The van der Waals surface area contributed by atoms with Crippen molar-refractivity contribution in [1.29, 1.82) is 0 Å². The van der Waals surface area contributed by atoms with Crippen LogP contribution < -0.4 is 0 Å². The van der Waals surface area contributed by atoms with Crippen molar-refractivity contribution < 1.29 is 0 Å². The molecule has 0 aliphatic heterocycles. The highest BCUT2D eigenvalue weighted by atomic mass is 35.5. The molecule has 1 aromatic carbocycles. The van der Waals surface area contributed by atoms with E-state index >= 15 is 0 Å². The Balaban J connectivity index is 2.48. The van der Waals surface area contributed by atoms with Crippen molar-refractivity contribution in [3.05, 3.63) is 52.0 Å². The van der Waals surface area contributed by atoms with Crippen molar-refractivity contribution >= 4 is 63.6 Å². The van der Waals surface area contributed by atoms with Gasteiger partial charge in [0.05, 0.1) is 0 Å². The summed E-state index contributed by atoms with van der Waals surface area (Å²) in [7, 11) is 0. The van der Waals surface area contributed by atoms with Crippen LogP contribution in [0.1, 0.15) is 5.56 Å². The topological polar surface area (TPSA) is 0 Å². The van der Waals surface area contributed by atoms with E-state index in [0.29, 0.717) is 10.1 Å². The molecule has 1 aliphatic rings. The second-order valence-electron chi connectivity index (χ2n) is 3.64. The molecule has 1 unspecified atom stereocenters. The molecule has 1 aliphatic carbocycles. The number of hydrogen-bond donors (Lipinski definition) is 0. The van der Waals surface area contributed by atoms with E-state index in [1.165, 1.54) is 0 Å². The molecule has 0 heterocycles. The normalized spacial score (nSPS) is 23.0. The second-order valence-corrected chi connectivity index (χ2v) is 6.37. The lowest BCUT2D eigenvalue weighted by Crippen LogP contribution is -2.27. The average molecular weight is 328 g/mol. The summed E-state index contributed by atoms with van der Waals surface area (Å²) in [5.41, 5.74) is 1.67. The van der Waals surface area contributed by atoms with E-state index < -0.39 is 9.71 Å². The van der Waals surface area contributed by atoms with Crippen molar-refractivity contribution in [3.8, 4) is 0 Å². The highest BCUT2D eigenvalue weighted by Gasteiger charge is 2.37. The van der Waals surface area contributed by atoms with Gasteiger partial charge in [0.25, 0.3) is 0 Å². The lowest BCUT2D eigenvalue weighted by atomic mass is 9.98. The van der Waals surface area contributed by atoms with E-state index in [4.69, 9.17) is 58.0 Å². The van der Waals surface area contributed by atoms with Gasteiger partial charge in [0.1, 0.15) is 5.38 Å². The third kappa shape index (κ3) is 2.77. The van der Waals surface area contributed by atoms with Crippen LogP contribution in [-0.4, -0.2) is 9.71 Å². The summed E-state index contributed by atoms with van der Waals surface area (Å²) in [6.45, 7) is 0. The summed E-state index contributed by atoms with van der Waals surface area (Å²) in [6.07, 6.45) is 3.38. The zero-order valence-electron chi connectivity index (χ0n) is 8.43. The molecule has 1 atom stereocenters. The molecule has 0 spiro atoms. The number of benzene rings is 1. The van der Waals surface area contributed by atoms with Crippen molar-refractivity contribution in [3.63, 3.8) is 0 Å². The predicted molar refractivity (Wildman–Crippen MR) is 77.4 cm³/mol. The quantitative estimate of drug-likeness (QED) is 0.585. The Kier molecular flexibility index (Phi) is 4.02. The lowest BCUT2D eigenvalue weighted by Gasteiger charge is -2.26. The number of rotatable bonds is 1. The standard InChI is InChI=1S/C12H7Cl5/c13-8-3-1-2-7(6-8)9-4-5-12(16,17)11(15)10(9)14/h1-6,11H. The minimum atomic E-state index is -1.18. The fourth-order valence-corrected chi connectivity index (χ4v) is 2.73. The fourth-order valence-electron chi connectivity index (χ4n) is 1.55. The van der Waals surface area contributed by atoms with Crippen LogP contribution in [0.5, 0.6) is 0 Å². The first-order chi connectivity index (χ1) is 7.92. The third-order valence-electron chi connectivity index (χ3n) is 2.43. The van der Waals surface area contributed by atoms with Crippen LogP contribution in [0.2, 0.25) is 5.02 Å². The van der Waals surface area contributed by atoms with Gasteiger partial charge in [0.15, 0.2) is 4.33 Å². The van der Waals surface area contributed by atoms with Gasteiger partial charge >= 0.3 is 0 Å². The Morgan fingerprint density at radius 2 is 1.82 bits per heavy atom. The molecule has 0 nitrogen and oxygen atoms in total. The largest absolute Gasteiger partial charge is 0.157 e. The highest BCUT2D eigenvalue weighted by Crippen LogP contribution is 2.44. The Bertz CT molecular complexity index is 501. The molecular formula is C12H7Cl5. The van der Waals surface area contributed by atoms with Gasteiger partial charge < -0.3 is 0 Å². The van der Waals surface area contributed by atoms with Gasteiger partial charge in [-0.25, -0.2) is 0 Å². The average Bonchev–Trinajstić information content (AvgIpc) is 2.26. The van der Waals surface area contributed by atoms with E-state index in [-0.39, 0.29) is 0 Å². The SMILES string of the molecule is ClC1=C(c2cccc(Cl)c2)C=CC(Cl)(Cl)C1Cl. The summed E-state index contributed by atoms with van der Waals surface area (Å²) in [5.74, 6) is 0. The molecule has 0 saturated heterocycles. The minimum Gasteiger partial charge on any atom is -0.113 e. The van der Waals surface area contributed by atoms with Crippen molar-refractivity contribution in [2.24, 2.45) is 0 Å². The van der Waals surface area contributed by atoms with Crippen molar-refractivity contribution in [2.75, 3.05) is 0 Å². The van der Waals surface area contributed by atoms with E-state index in [1.54, 1.807) is 18.2 Å². The monoisotopic (exact) mass is 326 g/mol. The van der Waals surface area contributed by atoms with Crippen LogP contribution >= 0.6 is 58.0 Å². The van der Waals surface area contributed by atoms with Gasteiger partial charge in [0, 0.05) is 10.1 Å². The van der Waals surface area contributed by atoms with Gasteiger partial charge in [-0.2, -0.15) is 0 Å². The van der Waals surface area contributed by atoms with Crippen molar-refractivity contribution in [2.45, 2.75) is 9.71 Å². The molecule has 0 radical (unpaired) electrons. The van der Waals surface area contributed by atoms with Crippen LogP contribution in [-0.2, 0) is 0 Å². The Morgan fingerprint density at radius 3 is 2.47 bits per heavy atom. The van der Waals surface area contributed by atoms with Crippen LogP contribution in [0.25, 0.3) is 5.57 Å². The highest BCUT2D eigenvalue weighted by molar-refractivity contribution is 6.57. The summed E-state index contributed by atoms with van der Waals surface area (Å²) < 4.78 is -1.18. The molecule has 2 rings (SSSR count). The van der Waals surface area contributed by atoms with Crippen LogP contribution in [0.3, 0.4) is 0 Å². The van der Waals surface area contributed by atoms with E-state index in [2.05, 4.69) is 0 Å². The molecule has 90 valence electrons. The zero-order valence-corrected chi connectivity index (χ0v) is 12.2. The maximum Gasteiger partial charge on any atom is 0.157 e. The molecule has 0 saturated carbocycles. The van der Waals surface area contributed by atoms with Gasteiger partial charge in [0.2, 0.25) is 0 Å². The molecular weight excluding hydrogens is 321 g/mol. The third-order valence-corrected chi connectivity index (χ3v) is 4.67. The first kappa shape index (κ1) is 13.6. The zero-order chi connectivity index (χ0) is 12.6. The summed E-state index contributed by atoms with van der Waals surface area (Å²) in [6, 6.07) is 7.34. The van der Waals surface area contributed by atoms with E-state index in [1.807, 2.05) is 18.2 Å². The Labute approximate surface area is 125 Å². The summed E-state index contributed by atoms with van der Waals surface area (Å²) in [5, 5.41) is 0.375. The maximum atomic E-state index is 6.19. The summed E-state index contributed by atoms with van der Waals surface area (Å²) >= 11 is 30.2. The smallest absolute Gasteiger partial charge is 0.113 e. The number of alkyl halides is 3. The maximum absolute atomic E-state index is 6.19. The Morgan fingerprint density at radius 1 is 1.12 bits per heavy atom. The molecule has 1 aromatic rings. The van der Waals surface area contributed by atoms with Gasteiger partial charge in [-0.1, -0.05) is 64.6 Å². The fraction of sp³-hybridized carbons (Fsp3) is 0.167. The van der Waals surface area contributed by atoms with Crippen LogP contribution in [0.15, 0.2) is 41.4 Å². The van der Waals surface area contributed by atoms with Gasteiger partial charge in [-0.05, 0) is 29.3 Å². The molecule has 0 fully saturated rings. The molecule has 5 heteroatoms. The molecule has 0 bridgehead atoms. The Hall–Kier alpha value is 0.150. The number of hydrogen-bond acceptors (Lipinski definition) is 0. The van der Waals surface area contributed by atoms with Crippen molar-refractivity contribution in [1.82, 2.24) is 0 Å².